The Kier molecular flexibility index (Phi) is 7.35. The number of halogens is 3. The highest BCUT2D eigenvalue weighted by atomic mass is 32.2. The number of nitrogens with zero attached hydrogens (tertiary/aromatic N) is 3. The predicted molar refractivity (Wildman–Crippen MR) is 135 cm³/mol. The van der Waals surface area contributed by atoms with Gasteiger partial charge in [0, 0.05) is 24.9 Å². The zero-order valence-electron chi connectivity index (χ0n) is 20.3. The minimum Gasteiger partial charge on any atom is -0.356 e. The fraction of sp³-hybridized carbons (Fsp3) is 0.360. The first-order chi connectivity index (χ1) is 17.3. The maximum atomic E-state index is 13.9. The number of hydrogen-bond acceptors (Lipinski definition) is 7. The fourth-order valence-electron chi connectivity index (χ4n) is 4.24. The molecule has 0 unspecified atom stereocenters. The molecule has 37 heavy (non-hydrogen) atoms. The Balaban J connectivity index is 2.00. The van der Waals surface area contributed by atoms with Crippen molar-refractivity contribution in [1.29, 1.82) is 0 Å². The largest absolute Gasteiger partial charge is 0.451 e. The van der Waals surface area contributed by atoms with Gasteiger partial charge in [0.2, 0.25) is 5.82 Å². The third-order valence-corrected chi connectivity index (χ3v) is 9.12. The van der Waals surface area contributed by atoms with E-state index in [1.807, 2.05) is 0 Å². The first-order valence-corrected chi connectivity index (χ1v) is 15.2. The normalized spacial score (nSPS) is 15.1. The van der Waals surface area contributed by atoms with E-state index >= 15 is 0 Å². The molecule has 2 heterocycles. The topological polar surface area (TPSA) is 97.3 Å². The average Bonchev–Trinajstić information content (AvgIpc) is 2.87. The van der Waals surface area contributed by atoms with Gasteiger partial charge >= 0.3 is 6.18 Å². The highest BCUT2D eigenvalue weighted by molar-refractivity contribution is 7.91. The molecule has 0 atom stereocenters. The van der Waals surface area contributed by atoms with Gasteiger partial charge in [0.15, 0.2) is 19.7 Å². The first-order valence-electron chi connectivity index (χ1n) is 11.7. The minimum absolute atomic E-state index is 0.0194. The molecule has 7 nitrogen and oxygen atoms in total. The molecule has 0 aliphatic carbocycles. The minimum atomic E-state index is -4.82. The molecule has 0 N–H and O–H groups in total. The van der Waals surface area contributed by atoms with Crippen LogP contribution in [0.3, 0.4) is 0 Å². The van der Waals surface area contributed by atoms with Gasteiger partial charge in [0.1, 0.15) is 5.82 Å². The van der Waals surface area contributed by atoms with Crippen LogP contribution in [0.2, 0.25) is 0 Å². The maximum Gasteiger partial charge on any atom is 0.451 e. The molecule has 0 amide bonds. The number of alkyl halides is 3. The van der Waals surface area contributed by atoms with Crippen LogP contribution < -0.4 is 4.90 Å². The summed E-state index contributed by atoms with van der Waals surface area (Å²) in [6.45, 7) is 2.55. The van der Waals surface area contributed by atoms with Gasteiger partial charge in [0.05, 0.1) is 26.8 Å². The van der Waals surface area contributed by atoms with Crippen LogP contribution in [0.1, 0.15) is 32.0 Å². The van der Waals surface area contributed by atoms with Crippen molar-refractivity contribution < 1.29 is 30.0 Å². The van der Waals surface area contributed by atoms with E-state index in [0.717, 1.165) is 25.5 Å². The zero-order chi connectivity index (χ0) is 27.0. The monoisotopic (exact) mass is 553 g/mol. The first kappa shape index (κ1) is 27.1. The lowest BCUT2D eigenvalue weighted by Gasteiger charge is -2.31. The Bertz CT molecular complexity index is 1500. The summed E-state index contributed by atoms with van der Waals surface area (Å²) in [5, 5.41) is 0. The summed E-state index contributed by atoms with van der Waals surface area (Å²) in [5.74, 6) is -1.29. The van der Waals surface area contributed by atoms with Crippen molar-refractivity contribution in [2.45, 2.75) is 42.2 Å². The lowest BCUT2D eigenvalue weighted by molar-refractivity contribution is -0.144. The van der Waals surface area contributed by atoms with Crippen LogP contribution in [0.15, 0.2) is 58.3 Å². The molecule has 0 radical (unpaired) electrons. The van der Waals surface area contributed by atoms with Crippen molar-refractivity contribution in [3.05, 3.63) is 54.4 Å². The molecule has 1 aliphatic heterocycles. The van der Waals surface area contributed by atoms with Gasteiger partial charge in [-0.15, -0.1) is 0 Å². The average molecular weight is 554 g/mol. The van der Waals surface area contributed by atoms with E-state index in [1.54, 1.807) is 4.90 Å². The highest BCUT2D eigenvalue weighted by Crippen LogP contribution is 2.41. The number of rotatable bonds is 6. The molecular weight excluding hydrogens is 527 g/mol. The Labute approximate surface area is 214 Å². The molecule has 1 aliphatic rings. The third-order valence-electron chi connectivity index (χ3n) is 6.24. The molecule has 2 aromatic carbocycles. The van der Waals surface area contributed by atoms with Gasteiger partial charge in [-0.2, -0.15) is 13.2 Å². The molecule has 1 fully saturated rings. The van der Waals surface area contributed by atoms with E-state index in [-0.39, 0.29) is 32.6 Å². The Morgan fingerprint density at radius 3 is 1.86 bits per heavy atom. The standard InChI is InChI=1S/C25H26F3N3O4S2/c1-3-37(34,35)20-13-7-17(8-14-20)21-22(18-9-11-19(12-10-18)36(2,32)33)29-24(25(26,27)28)30-23(21)31-15-5-4-6-16-31/h7-14H,3-6,15-16H2,1-2H3. The van der Waals surface area contributed by atoms with Gasteiger partial charge in [-0.05, 0) is 49.1 Å². The van der Waals surface area contributed by atoms with Gasteiger partial charge in [-0.1, -0.05) is 31.2 Å². The lowest BCUT2D eigenvalue weighted by Crippen LogP contribution is -2.32. The summed E-state index contributed by atoms with van der Waals surface area (Å²) in [7, 11) is -7.00. The van der Waals surface area contributed by atoms with Crippen LogP contribution >= 0.6 is 0 Å². The van der Waals surface area contributed by atoms with E-state index in [9.17, 15) is 30.0 Å². The predicted octanol–water partition coefficient (Wildman–Crippen LogP) is 5.02. The van der Waals surface area contributed by atoms with E-state index in [0.29, 0.717) is 24.2 Å². The Morgan fingerprint density at radius 2 is 1.35 bits per heavy atom. The van der Waals surface area contributed by atoms with Crippen molar-refractivity contribution in [3.8, 4) is 22.4 Å². The summed E-state index contributed by atoms with van der Waals surface area (Å²) >= 11 is 0. The van der Waals surface area contributed by atoms with E-state index in [1.165, 1.54) is 55.5 Å². The number of sulfone groups is 2. The SMILES string of the molecule is CCS(=O)(=O)c1ccc(-c2c(-c3ccc(S(C)(=O)=O)cc3)nc(C(F)(F)F)nc2N2CCCCC2)cc1. The summed E-state index contributed by atoms with van der Waals surface area (Å²) in [6, 6.07) is 11.4. The second kappa shape index (κ2) is 10.1. The lowest BCUT2D eigenvalue weighted by atomic mass is 9.98. The molecule has 0 bridgehead atoms. The molecule has 1 saturated heterocycles. The number of piperidine rings is 1. The molecule has 12 heteroatoms. The van der Waals surface area contributed by atoms with Crippen molar-refractivity contribution in [2.75, 3.05) is 30.0 Å². The third kappa shape index (κ3) is 5.80. The quantitative estimate of drug-likeness (QED) is 0.423. The van der Waals surface area contributed by atoms with Crippen molar-refractivity contribution >= 4 is 25.5 Å². The number of benzene rings is 2. The molecule has 0 spiro atoms. The van der Waals surface area contributed by atoms with Gasteiger partial charge < -0.3 is 4.90 Å². The fourth-order valence-corrected chi connectivity index (χ4v) is 5.76. The van der Waals surface area contributed by atoms with Crippen molar-refractivity contribution in [1.82, 2.24) is 9.97 Å². The zero-order valence-corrected chi connectivity index (χ0v) is 21.9. The summed E-state index contributed by atoms with van der Waals surface area (Å²) in [6.07, 6.45) is -1.25. The van der Waals surface area contributed by atoms with E-state index in [4.69, 9.17) is 0 Å². The molecule has 4 rings (SSSR count). The number of aromatic nitrogens is 2. The van der Waals surface area contributed by atoms with Gasteiger partial charge in [-0.25, -0.2) is 26.8 Å². The Hall–Kier alpha value is -2.99. The summed E-state index contributed by atoms with van der Waals surface area (Å²) < 4.78 is 90.2. The molecular formula is C25H26F3N3O4S2. The number of anilines is 1. The van der Waals surface area contributed by atoms with Crippen LogP contribution in [0, 0.1) is 0 Å². The van der Waals surface area contributed by atoms with Crippen LogP contribution in [-0.4, -0.2) is 51.9 Å². The van der Waals surface area contributed by atoms with Crippen LogP contribution in [-0.2, 0) is 25.9 Å². The van der Waals surface area contributed by atoms with Crippen molar-refractivity contribution in [3.63, 3.8) is 0 Å². The summed E-state index contributed by atoms with van der Waals surface area (Å²) in [4.78, 5) is 9.76. The van der Waals surface area contributed by atoms with E-state index < -0.39 is 31.7 Å². The van der Waals surface area contributed by atoms with Gasteiger partial charge in [-0.3, -0.25) is 0 Å². The second-order valence-electron chi connectivity index (χ2n) is 8.86. The van der Waals surface area contributed by atoms with E-state index in [2.05, 4.69) is 9.97 Å². The molecule has 3 aromatic rings. The highest BCUT2D eigenvalue weighted by Gasteiger charge is 2.37. The van der Waals surface area contributed by atoms with Crippen LogP contribution in [0.25, 0.3) is 22.4 Å². The molecule has 0 saturated carbocycles. The second-order valence-corrected chi connectivity index (χ2v) is 13.2. The smallest absolute Gasteiger partial charge is 0.356 e. The molecule has 198 valence electrons. The van der Waals surface area contributed by atoms with Crippen LogP contribution in [0.5, 0.6) is 0 Å². The van der Waals surface area contributed by atoms with Crippen LogP contribution in [0.4, 0.5) is 19.0 Å². The summed E-state index contributed by atoms with van der Waals surface area (Å²) in [5.41, 5.74) is 1.03. The van der Waals surface area contributed by atoms with Crippen molar-refractivity contribution in [2.24, 2.45) is 0 Å². The number of hydrogen-bond donors (Lipinski definition) is 0. The maximum absolute atomic E-state index is 13.9. The molecule has 1 aromatic heterocycles. The van der Waals surface area contributed by atoms with Gasteiger partial charge in [0.25, 0.3) is 0 Å². The Morgan fingerprint density at radius 1 is 0.811 bits per heavy atom.